The number of hydrogen-bond donors (Lipinski definition) is 1. The second kappa shape index (κ2) is 4.26. The first kappa shape index (κ1) is 10.8. The molecule has 0 saturated heterocycles. The molecule has 0 fully saturated rings. The molecule has 14 heavy (non-hydrogen) atoms. The van der Waals surface area contributed by atoms with Crippen molar-refractivity contribution in [2.75, 3.05) is 0 Å². The van der Waals surface area contributed by atoms with Gasteiger partial charge in [-0.3, -0.25) is 4.68 Å². The Morgan fingerprint density at radius 2 is 2.36 bits per heavy atom. The van der Waals surface area contributed by atoms with Crippen molar-refractivity contribution in [1.82, 2.24) is 9.78 Å². The molecule has 1 aromatic rings. The van der Waals surface area contributed by atoms with Gasteiger partial charge >= 0.3 is 5.97 Å². The van der Waals surface area contributed by atoms with Crippen molar-refractivity contribution in [2.24, 2.45) is 5.92 Å². The van der Waals surface area contributed by atoms with Gasteiger partial charge in [0, 0.05) is 12.7 Å². The molecule has 0 spiro atoms. The second-order valence-electron chi connectivity index (χ2n) is 3.67. The Hall–Kier alpha value is -1.32. The lowest BCUT2D eigenvalue weighted by molar-refractivity contribution is 0.0696. The number of carboxylic acid groups (broad SMARTS) is 1. The largest absolute Gasteiger partial charge is 0.478 e. The quantitative estimate of drug-likeness (QED) is 0.800. The molecule has 0 radical (unpaired) electrons. The van der Waals surface area contributed by atoms with Gasteiger partial charge < -0.3 is 5.11 Å². The lowest BCUT2D eigenvalue weighted by Gasteiger charge is -2.07. The highest BCUT2D eigenvalue weighted by Crippen LogP contribution is 2.09. The average Bonchev–Trinajstić information content (AvgIpc) is 2.46. The first-order valence-corrected chi connectivity index (χ1v) is 4.82. The number of nitrogens with zero attached hydrogens (tertiary/aromatic N) is 2. The Kier molecular flexibility index (Phi) is 3.28. The van der Waals surface area contributed by atoms with E-state index in [1.165, 1.54) is 0 Å². The van der Waals surface area contributed by atoms with E-state index in [4.69, 9.17) is 5.11 Å². The minimum Gasteiger partial charge on any atom is -0.478 e. The third-order valence-corrected chi connectivity index (χ3v) is 2.37. The van der Waals surface area contributed by atoms with Gasteiger partial charge in [0.2, 0.25) is 0 Å². The molecule has 1 heterocycles. The Morgan fingerprint density at radius 1 is 1.71 bits per heavy atom. The van der Waals surface area contributed by atoms with E-state index in [0.29, 0.717) is 17.2 Å². The predicted molar refractivity (Wildman–Crippen MR) is 53.4 cm³/mol. The van der Waals surface area contributed by atoms with Crippen molar-refractivity contribution in [1.29, 1.82) is 0 Å². The molecule has 0 aromatic carbocycles. The molecule has 4 nitrogen and oxygen atoms in total. The zero-order valence-corrected chi connectivity index (χ0v) is 8.82. The lowest BCUT2D eigenvalue weighted by Crippen LogP contribution is -2.07. The fraction of sp³-hybridized carbons (Fsp3) is 0.600. The summed E-state index contributed by atoms with van der Waals surface area (Å²) in [5, 5.41) is 13.0. The molecule has 0 bridgehead atoms. The molecule has 0 amide bonds. The number of hydrogen-bond acceptors (Lipinski definition) is 2. The van der Waals surface area contributed by atoms with E-state index in [1.807, 2.05) is 0 Å². The van der Waals surface area contributed by atoms with E-state index < -0.39 is 5.97 Å². The van der Waals surface area contributed by atoms with Crippen LogP contribution < -0.4 is 0 Å². The van der Waals surface area contributed by atoms with Gasteiger partial charge in [-0.15, -0.1) is 0 Å². The third-order valence-electron chi connectivity index (χ3n) is 2.37. The molecule has 1 aromatic heterocycles. The van der Waals surface area contributed by atoms with Gasteiger partial charge in [0.15, 0.2) is 0 Å². The van der Waals surface area contributed by atoms with Crippen LogP contribution in [0.3, 0.4) is 0 Å². The molecule has 1 rings (SSSR count). The maximum atomic E-state index is 10.7. The van der Waals surface area contributed by atoms with Crippen LogP contribution in [-0.2, 0) is 6.54 Å². The molecule has 0 aliphatic carbocycles. The predicted octanol–water partition coefficient (Wildman–Crippen LogP) is 1.94. The van der Waals surface area contributed by atoms with Crippen LogP contribution in [0.2, 0.25) is 0 Å². The molecule has 1 N–H and O–H groups in total. The van der Waals surface area contributed by atoms with Gasteiger partial charge in [-0.1, -0.05) is 20.3 Å². The summed E-state index contributed by atoms with van der Waals surface area (Å²) in [6.07, 6.45) is 2.67. The van der Waals surface area contributed by atoms with Gasteiger partial charge in [0.25, 0.3) is 0 Å². The Bertz CT molecular complexity index is 331. The first-order valence-electron chi connectivity index (χ1n) is 4.82. The van der Waals surface area contributed by atoms with Crippen molar-refractivity contribution >= 4 is 5.97 Å². The molecule has 0 saturated carbocycles. The smallest absolute Gasteiger partial charge is 0.339 e. The summed E-state index contributed by atoms with van der Waals surface area (Å²) in [7, 11) is 0. The van der Waals surface area contributed by atoms with Crippen molar-refractivity contribution in [3.63, 3.8) is 0 Å². The summed E-state index contributed by atoms with van der Waals surface area (Å²) >= 11 is 0. The summed E-state index contributed by atoms with van der Waals surface area (Å²) in [5.74, 6) is -0.381. The fourth-order valence-corrected chi connectivity index (χ4v) is 1.27. The van der Waals surface area contributed by atoms with E-state index in [2.05, 4.69) is 18.9 Å². The van der Waals surface area contributed by atoms with Gasteiger partial charge in [0.1, 0.15) is 5.56 Å². The molecule has 1 unspecified atom stereocenters. The normalized spacial score (nSPS) is 12.8. The fourth-order valence-electron chi connectivity index (χ4n) is 1.27. The number of aromatic nitrogens is 2. The molecular formula is C10H16N2O2. The number of carbonyl (C=O) groups is 1. The summed E-state index contributed by atoms with van der Waals surface area (Å²) in [4.78, 5) is 10.7. The Morgan fingerprint density at radius 3 is 2.79 bits per heavy atom. The van der Waals surface area contributed by atoms with E-state index in [1.54, 1.807) is 17.8 Å². The number of carboxylic acids is 1. The van der Waals surface area contributed by atoms with E-state index in [9.17, 15) is 4.79 Å². The molecule has 0 aliphatic heterocycles. The zero-order valence-electron chi connectivity index (χ0n) is 8.82. The lowest BCUT2D eigenvalue weighted by atomic mass is 10.1. The monoisotopic (exact) mass is 196 g/mol. The van der Waals surface area contributed by atoms with E-state index in [-0.39, 0.29) is 0 Å². The van der Waals surface area contributed by atoms with Gasteiger partial charge in [0.05, 0.1) is 5.69 Å². The first-order chi connectivity index (χ1) is 6.54. The van der Waals surface area contributed by atoms with Gasteiger partial charge in [-0.05, 0) is 12.8 Å². The Balaban J connectivity index is 2.81. The van der Waals surface area contributed by atoms with Crippen LogP contribution in [0.25, 0.3) is 0 Å². The van der Waals surface area contributed by atoms with Crippen LogP contribution in [0, 0.1) is 12.8 Å². The molecule has 78 valence electrons. The van der Waals surface area contributed by atoms with Crippen molar-refractivity contribution < 1.29 is 9.90 Å². The highest BCUT2D eigenvalue weighted by atomic mass is 16.4. The summed E-state index contributed by atoms with van der Waals surface area (Å²) in [5.41, 5.74) is 0.883. The van der Waals surface area contributed by atoms with Crippen LogP contribution in [0.5, 0.6) is 0 Å². The van der Waals surface area contributed by atoms with Crippen LogP contribution in [0.1, 0.15) is 36.3 Å². The SMILES string of the molecule is CCC(C)Cn1cc(C(=O)O)c(C)n1. The second-order valence-corrected chi connectivity index (χ2v) is 3.67. The van der Waals surface area contributed by atoms with E-state index >= 15 is 0 Å². The molecular weight excluding hydrogens is 180 g/mol. The van der Waals surface area contributed by atoms with Crippen molar-refractivity contribution in [3.8, 4) is 0 Å². The van der Waals surface area contributed by atoms with Crippen LogP contribution in [-0.4, -0.2) is 20.9 Å². The summed E-state index contributed by atoms with van der Waals surface area (Å²) in [6.45, 7) is 6.73. The highest BCUT2D eigenvalue weighted by Gasteiger charge is 2.12. The topological polar surface area (TPSA) is 55.1 Å². The molecule has 4 heteroatoms. The van der Waals surface area contributed by atoms with Gasteiger partial charge in [-0.25, -0.2) is 4.79 Å². The highest BCUT2D eigenvalue weighted by molar-refractivity contribution is 5.88. The maximum absolute atomic E-state index is 10.7. The van der Waals surface area contributed by atoms with Crippen molar-refractivity contribution in [3.05, 3.63) is 17.5 Å². The number of aromatic carboxylic acids is 1. The van der Waals surface area contributed by atoms with E-state index in [0.717, 1.165) is 13.0 Å². The molecule has 1 atom stereocenters. The van der Waals surface area contributed by atoms with Crippen LogP contribution >= 0.6 is 0 Å². The minimum absolute atomic E-state index is 0.299. The minimum atomic E-state index is -0.905. The zero-order chi connectivity index (χ0) is 10.7. The molecule has 0 aliphatic rings. The number of rotatable bonds is 4. The maximum Gasteiger partial charge on any atom is 0.339 e. The average molecular weight is 196 g/mol. The van der Waals surface area contributed by atoms with Crippen LogP contribution in [0.4, 0.5) is 0 Å². The van der Waals surface area contributed by atoms with Crippen molar-refractivity contribution in [2.45, 2.75) is 33.7 Å². The van der Waals surface area contributed by atoms with Gasteiger partial charge in [-0.2, -0.15) is 5.10 Å². The Labute approximate surface area is 83.5 Å². The number of aryl methyl sites for hydroxylation is 1. The van der Waals surface area contributed by atoms with Crippen LogP contribution in [0.15, 0.2) is 6.20 Å². The summed E-state index contributed by atoms with van der Waals surface area (Å²) < 4.78 is 1.72. The standard InChI is InChI=1S/C10H16N2O2/c1-4-7(2)5-12-6-9(10(13)14)8(3)11-12/h6-7H,4-5H2,1-3H3,(H,13,14). The summed E-state index contributed by atoms with van der Waals surface area (Å²) in [6, 6.07) is 0. The third kappa shape index (κ3) is 2.34.